The number of hydrogen-bond acceptors (Lipinski definition) is 3. The largest absolute Gasteiger partial charge is 0.468 e. The van der Waals surface area contributed by atoms with Gasteiger partial charge in [0.15, 0.2) is 0 Å². The summed E-state index contributed by atoms with van der Waals surface area (Å²) in [6.45, 7) is 45.7. The molecule has 0 radical (unpaired) electrons. The second kappa shape index (κ2) is 15.7. The van der Waals surface area contributed by atoms with E-state index in [2.05, 4.69) is 232 Å². The summed E-state index contributed by atoms with van der Waals surface area (Å²) in [5, 5.41) is 1.19. The maximum atomic E-state index is 7.52. The lowest BCUT2D eigenvalue weighted by Crippen LogP contribution is -2.62. The normalized spacial score (nSPS) is 20.4. The van der Waals surface area contributed by atoms with Gasteiger partial charge in [-0.15, -0.1) is 0 Å². The predicted octanol–water partition coefficient (Wildman–Crippen LogP) is 17.3. The average molecular weight is 955 g/mol. The summed E-state index contributed by atoms with van der Waals surface area (Å²) in [4.78, 5) is 5.42. The van der Waals surface area contributed by atoms with Gasteiger partial charge in [-0.05, 0) is 187 Å². The fourth-order valence-electron chi connectivity index (χ4n) is 13.7. The van der Waals surface area contributed by atoms with Crippen molar-refractivity contribution in [2.24, 2.45) is 11.3 Å². The van der Waals surface area contributed by atoms with Gasteiger partial charge in [0.1, 0.15) is 5.58 Å². The van der Waals surface area contributed by atoms with Crippen molar-refractivity contribution in [1.29, 1.82) is 0 Å². The van der Waals surface area contributed by atoms with Gasteiger partial charge in [-0.3, -0.25) is 0 Å². The summed E-state index contributed by atoms with van der Waals surface area (Å²) in [7, 11) is 0. The number of aryl methyl sites for hydroxylation is 2. The number of anilines is 5. The van der Waals surface area contributed by atoms with Crippen LogP contribution >= 0.6 is 0 Å². The molecule has 4 heteroatoms. The van der Waals surface area contributed by atoms with E-state index in [9.17, 15) is 0 Å². The van der Waals surface area contributed by atoms with E-state index in [1.54, 1.807) is 0 Å². The lowest BCUT2D eigenvalue weighted by molar-refractivity contribution is 0.293. The quantitative estimate of drug-likeness (QED) is 0.165. The summed E-state index contributed by atoms with van der Waals surface area (Å²) in [6, 6.07) is 29.7. The third-order valence-electron chi connectivity index (χ3n) is 18.6. The van der Waals surface area contributed by atoms with Gasteiger partial charge in [-0.1, -0.05) is 172 Å². The van der Waals surface area contributed by atoms with Crippen LogP contribution in [0.25, 0.3) is 22.1 Å². The zero-order valence-electron chi connectivity index (χ0n) is 47.7. The van der Waals surface area contributed by atoms with Crippen LogP contribution in [0.3, 0.4) is 0 Å². The van der Waals surface area contributed by atoms with Crippen molar-refractivity contribution < 1.29 is 4.42 Å². The van der Waals surface area contributed by atoms with E-state index >= 15 is 0 Å². The van der Waals surface area contributed by atoms with Gasteiger partial charge in [0.05, 0.1) is 17.0 Å². The molecule has 3 heterocycles. The highest BCUT2D eigenvalue weighted by atomic mass is 16.3. The minimum atomic E-state index is -0.121. The van der Waals surface area contributed by atoms with Crippen LogP contribution in [-0.4, -0.2) is 6.71 Å². The summed E-state index contributed by atoms with van der Waals surface area (Å²) >= 11 is 0. The Morgan fingerprint density at radius 2 is 1.19 bits per heavy atom. The topological polar surface area (TPSA) is 19.6 Å². The summed E-state index contributed by atoms with van der Waals surface area (Å²) < 4.78 is 7.52. The molecular weight excluding hydrogens is 872 g/mol. The van der Waals surface area contributed by atoms with E-state index in [0.717, 1.165) is 30.5 Å². The Kier molecular flexibility index (Phi) is 10.7. The van der Waals surface area contributed by atoms with Crippen LogP contribution in [0.5, 0.6) is 0 Å². The standard InChI is InChI=1S/C68H83BN2O/c1-40-34-53-57-54(35-40)71(58-41(2)36-45(64(9,10)11)39-47(58)42-20-26-49-51(37-42)67(16,17)31-30-65(49,12)13)60-52(28-27-50-56(60)68(18,19)33-32-66(50,14)15)69(57)61-59(48-38-44(63(6,7)8)23-29-55(48)72-61)70(53)46-24-21-43(22-25-46)62(3,4)5/h20-21,23-29,34-39,43H,22,30-33H2,1-19H3. The Bertz CT molecular complexity index is 3320. The molecule has 5 aliphatic rings. The Hall–Kier alpha value is -5.22. The maximum absolute atomic E-state index is 7.52. The Morgan fingerprint density at radius 3 is 1.82 bits per heavy atom. The molecule has 2 aliphatic heterocycles. The first-order valence-electron chi connectivity index (χ1n) is 27.6. The first-order valence-corrected chi connectivity index (χ1v) is 27.6. The average Bonchev–Trinajstić information content (AvgIpc) is 3.66. The molecule has 0 spiro atoms. The van der Waals surface area contributed by atoms with Crippen molar-refractivity contribution >= 4 is 62.7 Å². The Balaban J connectivity index is 1.28. The molecule has 0 bridgehead atoms. The molecule has 11 rings (SSSR count). The molecular formula is C68H83BN2O. The second-order valence-corrected chi connectivity index (χ2v) is 29.0. The maximum Gasteiger partial charge on any atom is 0.297 e. The summed E-state index contributed by atoms with van der Waals surface area (Å²) in [5.41, 5.74) is 26.3. The smallest absolute Gasteiger partial charge is 0.297 e. The zero-order chi connectivity index (χ0) is 51.8. The van der Waals surface area contributed by atoms with Crippen molar-refractivity contribution in [2.45, 2.75) is 196 Å². The van der Waals surface area contributed by atoms with Crippen LogP contribution < -0.4 is 26.4 Å². The lowest BCUT2D eigenvalue weighted by atomic mass is 9.35. The van der Waals surface area contributed by atoms with Gasteiger partial charge in [0, 0.05) is 33.7 Å². The van der Waals surface area contributed by atoms with E-state index in [-0.39, 0.29) is 44.6 Å². The summed E-state index contributed by atoms with van der Waals surface area (Å²) in [6.07, 6.45) is 13.1. The van der Waals surface area contributed by atoms with Gasteiger partial charge < -0.3 is 14.2 Å². The highest BCUT2D eigenvalue weighted by Gasteiger charge is 2.51. The molecule has 1 aromatic heterocycles. The Labute approximate surface area is 434 Å². The number of furan rings is 1. The third kappa shape index (κ3) is 7.47. The molecule has 1 atom stereocenters. The van der Waals surface area contributed by atoms with Crippen molar-refractivity contribution in [3.8, 4) is 11.1 Å². The number of fused-ring (bicyclic) bond motifs is 9. The van der Waals surface area contributed by atoms with E-state index in [4.69, 9.17) is 4.42 Å². The molecule has 3 nitrogen and oxygen atoms in total. The molecule has 6 aromatic rings. The van der Waals surface area contributed by atoms with Crippen molar-refractivity contribution in [3.63, 3.8) is 0 Å². The molecule has 0 N–H and O–H groups in total. The third-order valence-corrected chi connectivity index (χ3v) is 18.6. The molecule has 72 heavy (non-hydrogen) atoms. The number of benzene rings is 5. The molecule has 1 unspecified atom stereocenters. The van der Waals surface area contributed by atoms with Crippen molar-refractivity contribution in [2.75, 3.05) is 9.80 Å². The van der Waals surface area contributed by atoms with E-state index in [1.807, 2.05) is 0 Å². The molecule has 0 saturated carbocycles. The van der Waals surface area contributed by atoms with E-state index in [1.165, 1.54) is 119 Å². The minimum Gasteiger partial charge on any atom is -0.468 e. The number of hydrogen-bond donors (Lipinski definition) is 0. The second-order valence-electron chi connectivity index (χ2n) is 29.0. The van der Waals surface area contributed by atoms with Gasteiger partial charge in [-0.25, -0.2) is 0 Å². The van der Waals surface area contributed by atoms with E-state index < -0.39 is 0 Å². The predicted molar refractivity (Wildman–Crippen MR) is 312 cm³/mol. The fourth-order valence-corrected chi connectivity index (χ4v) is 13.7. The van der Waals surface area contributed by atoms with Crippen molar-refractivity contribution in [1.82, 2.24) is 0 Å². The number of nitrogens with zero attached hydrogens (tertiary/aromatic N) is 2. The SMILES string of the molecule is Cc1cc2c3c(c1)N(c1c(C)cc(C(C)(C)C)cc1-c1ccc4c(c1)C(C)(C)CCC4(C)C)c1c(ccc4c1C(C)(C)CCC4(C)C)B3c1oc3ccc(C(C)(C)C)cc3c1N2C1=CCC(C(C)(C)C)C=C1. The van der Waals surface area contributed by atoms with Crippen LogP contribution in [-0.2, 0) is 32.5 Å². The van der Waals surface area contributed by atoms with Gasteiger partial charge >= 0.3 is 0 Å². The molecule has 0 amide bonds. The van der Waals surface area contributed by atoms with Crippen molar-refractivity contribution in [3.05, 3.63) is 141 Å². The molecule has 0 fully saturated rings. The molecule has 3 aliphatic carbocycles. The first kappa shape index (κ1) is 49.0. The monoisotopic (exact) mass is 955 g/mol. The van der Waals surface area contributed by atoms with Gasteiger partial charge in [-0.2, -0.15) is 0 Å². The van der Waals surface area contributed by atoms with Gasteiger partial charge in [0.25, 0.3) is 6.71 Å². The fraction of sp³-hybridized carbons (Fsp3) is 0.471. The zero-order valence-corrected chi connectivity index (χ0v) is 47.7. The highest BCUT2D eigenvalue weighted by Crippen LogP contribution is 2.57. The van der Waals surface area contributed by atoms with Crippen LogP contribution in [0.15, 0.2) is 101 Å². The number of allylic oxidation sites excluding steroid dienone is 3. The Morgan fingerprint density at radius 1 is 0.583 bits per heavy atom. The molecule has 5 aromatic carbocycles. The van der Waals surface area contributed by atoms with Crippen LogP contribution in [0.4, 0.5) is 28.4 Å². The lowest BCUT2D eigenvalue weighted by Gasteiger charge is -2.49. The summed E-state index contributed by atoms with van der Waals surface area (Å²) in [5.74, 6) is 0.456. The van der Waals surface area contributed by atoms with Crippen LogP contribution in [0, 0.1) is 25.2 Å². The highest BCUT2D eigenvalue weighted by molar-refractivity contribution is 7.00. The number of rotatable bonds is 3. The van der Waals surface area contributed by atoms with E-state index in [0.29, 0.717) is 5.92 Å². The van der Waals surface area contributed by atoms with Crippen LogP contribution in [0.1, 0.15) is 194 Å². The minimum absolute atomic E-state index is 0.0103. The van der Waals surface area contributed by atoms with Gasteiger partial charge in [0.2, 0.25) is 0 Å². The van der Waals surface area contributed by atoms with Crippen LogP contribution in [0.2, 0.25) is 0 Å². The first-order chi connectivity index (χ1) is 33.4. The molecule has 374 valence electrons. The molecule has 0 saturated heterocycles.